The highest BCUT2D eigenvalue weighted by atomic mass is 35.5. The first kappa shape index (κ1) is 11.9. The number of hydrogen-bond donors (Lipinski definition) is 1. The van der Waals surface area contributed by atoms with E-state index in [2.05, 4.69) is 10.3 Å². The monoisotopic (exact) mass is 253 g/mol. The van der Waals surface area contributed by atoms with E-state index in [1.807, 2.05) is 17.7 Å². The Morgan fingerprint density at radius 2 is 2.29 bits per heavy atom. The topological polar surface area (TPSA) is 29.9 Å². The van der Waals surface area contributed by atoms with E-state index in [0.717, 1.165) is 12.4 Å². The lowest BCUT2D eigenvalue weighted by atomic mass is 10.3. The van der Waals surface area contributed by atoms with Gasteiger partial charge in [-0.2, -0.15) is 0 Å². The lowest BCUT2D eigenvalue weighted by Crippen LogP contribution is -2.08. The van der Waals surface area contributed by atoms with Crippen LogP contribution in [0.4, 0.5) is 10.1 Å². The quantitative estimate of drug-likeness (QED) is 0.906. The molecule has 0 unspecified atom stereocenters. The molecule has 1 aromatic heterocycles. The lowest BCUT2D eigenvalue weighted by Gasteiger charge is -2.08. The van der Waals surface area contributed by atoms with Gasteiger partial charge in [-0.05, 0) is 25.1 Å². The van der Waals surface area contributed by atoms with Gasteiger partial charge >= 0.3 is 0 Å². The van der Waals surface area contributed by atoms with Crippen LogP contribution in [0.15, 0.2) is 30.6 Å². The molecule has 0 fully saturated rings. The first-order valence-electron chi connectivity index (χ1n) is 5.39. The third-order valence-corrected chi connectivity index (χ3v) is 2.75. The SMILES string of the molecule is CCn1ccnc1CNc1ccc(Cl)cc1F. The van der Waals surface area contributed by atoms with Crippen molar-refractivity contribution in [2.45, 2.75) is 20.0 Å². The molecule has 3 nitrogen and oxygen atoms in total. The minimum atomic E-state index is -0.355. The van der Waals surface area contributed by atoms with Crippen LogP contribution in [0.5, 0.6) is 0 Å². The van der Waals surface area contributed by atoms with Gasteiger partial charge in [0.2, 0.25) is 0 Å². The third kappa shape index (κ3) is 2.77. The van der Waals surface area contributed by atoms with E-state index in [1.165, 1.54) is 6.07 Å². The minimum absolute atomic E-state index is 0.355. The van der Waals surface area contributed by atoms with E-state index in [1.54, 1.807) is 18.3 Å². The maximum atomic E-state index is 13.5. The Balaban J connectivity index is 2.07. The van der Waals surface area contributed by atoms with Gasteiger partial charge in [0.25, 0.3) is 0 Å². The van der Waals surface area contributed by atoms with Crippen LogP contribution in [-0.4, -0.2) is 9.55 Å². The minimum Gasteiger partial charge on any atom is -0.375 e. The van der Waals surface area contributed by atoms with Crippen molar-refractivity contribution in [3.05, 3.63) is 47.3 Å². The van der Waals surface area contributed by atoms with Crippen molar-refractivity contribution in [3.8, 4) is 0 Å². The number of aryl methyl sites for hydroxylation is 1. The number of anilines is 1. The lowest BCUT2D eigenvalue weighted by molar-refractivity contribution is 0.628. The van der Waals surface area contributed by atoms with Crippen molar-refractivity contribution >= 4 is 17.3 Å². The molecule has 0 radical (unpaired) electrons. The second kappa shape index (κ2) is 5.19. The van der Waals surface area contributed by atoms with E-state index >= 15 is 0 Å². The van der Waals surface area contributed by atoms with Gasteiger partial charge in [0.15, 0.2) is 0 Å². The van der Waals surface area contributed by atoms with Gasteiger partial charge in [0.05, 0.1) is 12.2 Å². The second-order valence-corrected chi connectivity index (χ2v) is 4.04. The molecular weight excluding hydrogens is 241 g/mol. The Bertz CT molecular complexity index is 510. The van der Waals surface area contributed by atoms with E-state index in [-0.39, 0.29) is 5.82 Å². The Hall–Kier alpha value is -1.55. The average molecular weight is 254 g/mol. The molecule has 2 rings (SSSR count). The average Bonchev–Trinajstić information content (AvgIpc) is 2.75. The molecule has 0 atom stereocenters. The Morgan fingerprint density at radius 3 is 3.00 bits per heavy atom. The molecule has 0 aliphatic carbocycles. The zero-order chi connectivity index (χ0) is 12.3. The maximum Gasteiger partial charge on any atom is 0.147 e. The van der Waals surface area contributed by atoms with Crippen LogP contribution in [0.25, 0.3) is 0 Å². The molecular formula is C12H13ClFN3. The maximum absolute atomic E-state index is 13.5. The van der Waals surface area contributed by atoms with Gasteiger partial charge in [-0.25, -0.2) is 9.37 Å². The van der Waals surface area contributed by atoms with Crippen molar-refractivity contribution in [1.82, 2.24) is 9.55 Å². The Labute approximate surface area is 104 Å². The fraction of sp³-hybridized carbons (Fsp3) is 0.250. The normalized spacial score (nSPS) is 10.5. The van der Waals surface area contributed by atoms with Crippen molar-refractivity contribution in [2.24, 2.45) is 0 Å². The highest BCUT2D eigenvalue weighted by Gasteiger charge is 2.04. The molecule has 0 saturated heterocycles. The van der Waals surface area contributed by atoms with E-state index in [4.69, 9.17) is 11.6 Å². The summed E-state index contributed by atoms with van der Waals surface area (Å²) in [5.74, 6) is 0.522. The highest BCUT2D eigenvalue weighted by Crippen LogP contribution is 2.19. The smallest absolute Gasteiger partial charge is 0.147 e. The molecule has 0 amide bonds. The van der Waals surface area contributed by atoms with Crippen LogP contribution in [0.2, 0.25) is 5.02 Å². The summed E-state index contributed by atoms with van der Waals surface area (Å²) in [5, 5.41) is 3.39. The first-order valence-corrected chi connectivity index (χ1v) is 5.77. The number of aromatic nitrogens is 2. The standard InChI is InChI=1S/C12H13ClFN3/c1-2-17-6-5-15-12(17)8-16-11-4-3-9(13)7-10(11)14/h3-7,16H,2,8H2,1H3. The summed E-state index contributed by atoms with van der Waals surface area (Å²) in [6.07, 6.45) is 3.63. The van der Waals surface area contributed by atoms with E-state index in [9.17, 15) is 4.39 Å². The van der Waals surface area contributed by atoms with Crippen molar-refractivity contribution in [3.63, 3.8) is 0 Å². The van der Waals surface area contributed by atoms with Gasteiger partial charge < -0.3 is 9.88 Å². The molecule has 0 aliphatic heterocycles. The molecule has 5 heteroatoms. The number of benzene rings is 1. The van der Waals surface area contributed by atoms with Crippen molar-refractivity contribution in [1.29, 1.82) is 0 Å². The fourth-order valence-corrected chi connectivity index (χ4v) is 1.76. The zero-order valence-electron chi connectivity index (χ0n) is 9.45. The molecule has 1 heterocycles. The van der Waals surface area contributed by atoms with Crippen LogP contribution in [0, 0.1) is 5.82 Å². The van der Waals surface area contributed by atoms with Gasteiger partial charge in [-0.15, -0.1) is 0 Å². The molecule has 0 aliphatic rings. The Kier molecular flexibility index (Phi) is 3.64. The summed E-state index contributed by atoms with van der Waals surface area (Å²) >= 11 is 5.68. The van der Waals surface area contributed by atoms with Gasteiger partial charge in [-0.3, -0.25) is 0 Å². The van der Waals surface area contributed by atoms with Crippen LogP contribution in [0.1, 0.15) is 12.7 Å². The van der Waals surface area contributed by atoms with Gasteiger partial charge in [-0.1, -0.05) is 11.6 Å². The number of nitrogens with zero attached hydrogens (tertiary/aromatic N) is 2. The summed E-state index contributed by atoms with van der Waals surface area (Å²) in [5.41, 5.74) is 0.431. The summed E-state index contributed by atoms with van der Waals surface area (Å²) in [7, 11) is 0. The van der Waals surface area contributed by atoms with Crippen LogP contribution in [0.3, 0.4) is 0 Å². The molecule has 0 saturated carbocycles. The predicted molar refractivity (Wildman–Crippen MR) is 66.6 cm³/mol. The molecule has 17 heavy (non-hydrogen) atoms. The molecule has 1 N–H and O–H groups in total. The number of rotatable bonds is 4. The summed E-state index contributed by atoms with van der Waals surface area (Å²) < 4.78 is 15.5. The zero-order valence-corrected chi connectivity index (χ0v) is 10.2. The molecule has 0 spiro atoms. The van der Waals surface area contributed by atoms with E-state index in [0.29, 0.717) is 17.3 Å². The van der Waals surface area contributed by atoms with Gasteiger partial charge in [0, 0.05) is 24.0 Å². The number of hydrogen-bond acceptors (Lipinski definition) is 2. The van der Waals surface area contributed by atoms with E-state index < -0.39 is 0 Å². The predicted octanol–water partition coefficient (Wildman–Crippen LogP) is 3.31. The molecule has 2 aromatic rings. The number of imidazole rings is 1. The third-order valence-electron chi connectivity index (χ3n) is 2.51. The van der Waals surface area contributed by atoms with Crippen molar-refractivity contribution < 1.29 is 4.39 Å². The highest BCUT2D eigenvalue weighted by molar-refractivity contribution is 6.30. The summed E-state index contributed by atoms with van der Waals surface area (Å²) in [6.45, 7) is 3.37. The molecule has 90 valence electrons. The Morgan fingerprint density at radius 1 is 1.47 bits per heavy atom. The van der Waals surface area contributed by atoms with Crippen LogP contribution < -0.4 is 5.32 Å². The van der Waals surface area contributed by atoms with Crippen LogP contribution >= 0.6 is 11.6 Å². The molecule has 1 aromatic carbocycles. The largest absolute Gasteiger partial charge is 0.375 e. The molecule has 0 bridgehead atoms. The van der Waals surface area contributed by atoms with Gasteiger partial charge in [0.1, 0.15) is 11.6 Å². The first-order chi connectivity index (χ1) is 8.20. The summed E-state index contributed by atoms with van der Waals surface area (Å²) in [6, 6.07) is 4.56. The fourth-order valence-electron chi connectivity index (χ4n) is 1.60. The number of halogens is 2. The number of nitrogens with one attached hydrogen (secondary N) is 1. The van der Waals surface area contributed by atoms with Crippen LogP contribution in [-0.2, 0) is 13.1 Å². The second-order valence-electron chi connectivity index (χ2n) is 3.61. The summed E-state index contributed by atoms with van der Waals surface area (Å²) in [4.78, 5) is 4.20. The van der Waals surface area contributed by atoms with Crippen molar-refractivity contribution in [2.75, 3.05) is 5.32 Å².